The Morgan fingerprint density at radius 1 is 1.11 bits per heavy atom. The van der Waals surface area contributed by atoms with Gasteiger partial charge in [0.25, 0.3) is 15.9 Å². The van der Waals surface area contributed by atoms with E-state index in [2.05, 4.69) is 27.0 Å². The summed E-state index contributed by atoms with van der Waals surface area (Å²) in [5, 5.41) is 6.15. The van der Waals surface area contributed by atoms with Gasteiger partial charge in [-0.3, -0.25) is 24.4 Å². The summed E-state index contributed by atoms with van der Waals surface area (Å²) in [7, 11) is -4.03. The molecule has 1 aromatic heterocycles. The summed E-state index contributed by atoms with van der Waals surface area (Å²) >= 11 is 0. The average molecular weight is 519 g/mol. The van der Waals surface area contributed by atoms with Crippen LogP contribution in [0.25, 0.3) is 0 Å². The van der Waals surface area contributed by atoms with Gasteiger partial charge in [0.1, 0.15) is 11.8 Å². The van der Waals surface area contributed by atoms with Gasteiger partial charge < -0.3 is 9.42 Å². The summed E-state index contributed by atoms with van der Waals surface area (Å²) in [5.74, 6) is 5.17. The largest absolute Gasteiger partial charge is 0.360 e. The number of nitrogens with zero attached hydrogens (tertiary/aromatic N) is 2. The molecular formula is C26H22N4O6S. The molecule has 3 heterocycles. The maximum absolute atomic E-state index is 13.3. The molecule has 37 heavy (non-hydrogen) atoms. The summed E-state index contributed by atoms with van der Waals surface area (Å²) in [6.07, 6.45) is 0.345. The van der Waals surface area contributed by atoms with Crippen molar-refractivity contribution in [1.82, 2.24) is 15.4 Å². The highest BCUT2D eigenvalue weighted by atomic mass is 32.2. The molecule has 5 rings (SSSR count). The molecule has 0 saturated carbocycles. The van der Waals surface area contributed by atoms with Crippen LogP contribution in [0, 0.1) is 25.7 Å². The van der Waals surface area contributed by atoms with Crippen molar-refractivity contribution in [1.29, 1.82) is 0 Å². The highest BCUT2D eigenvalue weighted by Gasteiger charge is 2.40. The fraction of sp³-hybridized carbons (Fsp3) is 0.231. The summed E-state index contributed by atoms with van der Waals surface area (Å²) in [6, 6.07) is 10.1. The van der Waals surface area contributed by atoms with E-state index in [1.165, 1.54) is 17.0 Å². The Balaban J connectivity index is 1.39. The number of piperidine rings is 1. The predicted molar refractivity (Wildman–Crippen MR) is 132 cm³/mol. The van der Waals surface area contributed by atoms with Crippen LogP contribution >= 0.6 is 0 Å². The Kier molecular flexibility index (Phi) is 6.05. The van der Waals surface area contributed by atoms with Crippen LogP contribution < -0.4 is 10.0 Å². The van der Waals surface area contributed by atoms with Crippen LogP contribution in [0.2, 0.25) is 0 Å². The molecule has 2 aromatic carbocycles. The van der Waals surface area contributed by atoms with E-state index in [0.29, 0.717) is 28.1 Å². The third-order valence-electron chi connectivity index (χ3n) is 6.45. The normalized spacial score (nSPS) is 17.2. The smallest absolute Gasteiger partial charge is 0.261 e. The number of hydrogen-bond donors (Lipinski definition) is 2. The Morgan fingerprint density at radius 3 is 2.62 bits per heavy atom. The maximum Gasteiger partial charge on any atom is 0.261 e. The minimum absolute atomic E-state index is 0.00342. The first-order valence-corrected chi connectivity index (χ1v) is 13.0. The maximum atomic E-state index is 13.3. The molecule has 1 unspecified atom stereocenters. The lowest BCUT2D eigenvalue weighted by atomic mass is 10.0. The van der Waals surface area contributed by atoms with Crippen LogP contribution in [0.3, 0.4) is 0 Å². The number of fused-ring (bicyclic) bond motifs is 1. The van der Waals surface area contributed by atoms with Gasteiger partial charge in [0.05, 0.1) is 10.6 Å². The number of aromatic nitrogens is 1. The minimum atomic E-state index is -4.03. The number of benzene rings is 2. The van der Waals surface area contributed by atoms with Gasteiger partial charge >= 0.3 is 0 Å². The summed E-state index contributed by atoms with van der Waals surface area (Å²) in [4.78, 5) is 38.2. The highest BCUT2D eigenvalue weighted by Crippen LogP contribution is 2.33. The average Bonchev–Trinajstić information content (AvgIpc) is 3.37. The number of amides is 3. The topological polar surface area (TPSA) is 139 Å². The zero-order valence-corrected chi connectivity index (χ0v) is 20.8. The zero-order chi connectivity index (χ0) is 26.3. The van der Waals surface area contributed by atoms with E-state index in [1.807, 2.05) is 6.92 Å². The molecule has 11 heteroatoms. The van der Waals surface area contributed by atoms with Gasteiger partial charge in [-0.2, -0.15) is 0 Å². The molecule has 10 nitrogen and oxygen atoms in total. The second-order valence-corrected chi connectivity index (χ2v) is 10.5. The lowest BCUT2D eigenvalue weighted by Gasteiger charge is -2.29. The number of nitrogens with one attached hydrogen (secondary N) is 2. The Bertz CT molecular complexity index is 1630. The van der Waals surface area contributed by atoms with Crippen LogP contribution in [0.15, 0.2) is 51.9 Å². The summed E-state index contributed by atoms with van der Waals surface area (Å²) in [5.41, 5.74) is 2.79. The molecule has 1 fully saturated rings. The molecular weight excluding hydrogens is 496 g/mol. The van der Waals surface area contributed by atoms with Gasteiger partial charge in [0, 0.05) is 35.2 Å². The van der Waals surface area contributed by atoms with Crippen molar-refractivity contribution in [3.63, 3.8) is 0 Å². The van der Waals surface area contributed by atoms with Crippen LogP contribution in [0.4, 0.5) is 5.69 Å². The van der Waals surface area contributed by atoms with Crippen molar-refractivity contribution < 1.29 is 27.3 Å². The fourth-order valence-corrected chi connectivity index (χ4v) is 5.43. The third-order valence-corrected chi connectivity index (χ3v) is 7.82. The van der Waals surface area contributed by atoms with E-state index in [1.54, 1.807) is 37.3 Å². The fourth-order valence-electron chi connectivity index (χ4n) is 4.29. The van der Waals surface area contributed by atoms with Crippen molar-refractivity contribution >= 4 is 33.4 Å². The zero-order valence-electron chi connectivity index (χ0n) is 20.0. The second-order valence-electron chi connectivity index (χ2n) is 8.83. The van der Waals surface area contributed by atoms with Crippen molar-refractivity contribution in [2.24, 2.45) is 0 Å². The van der Waals surface area contributed by atoms with Crippen molar-refractivity contribution in [2.45, 2.75) is 44.2 Å². The molecule has 0 bridgehead atoms. The summed E-state index contributed by atoms with van der Waals surface area (Å²) < 4.78 is 34.2. The van der Waals surface area contributed by atoms with Crippen LogP contribution in [-0.2, 0) is 26.2 Å². The standard InChI is InChI=1S/C26H22N4O6S/c1-15-16(2)36-28-21(15)10-9-17-5-3-6-18(13-17)37(34,35)29-22-8-4-7-19-20(22)14-30(26(19)33)23-11-12-24(31)27-25(23)32/h3-8,13,23,29H,11-12,14H2,1-2H3,(H,27,31,32). The van der Waals surface area contributed by atoms with Gasteiger partial charge in [-0.05, 0) is 56.5 Å². The lowest BCUT2D eigenvalue weighted by molar-refractivity contribution is -0.136. The lowest BCUT2D eigenvalue weighted by Crippen LogP contribution is -2.52. The van der Waals surface area contributed by atoms with E-state index < -0.39 is 22.0 Å². The number of aryl methyl sites for hydroxylation is 1. The van der Waals surface area contributed by atoms with Gasteiger partial charge in [-0.15, -0.1) is 0 Å². The SMILES string of the molecule is Cc1onc(C#Cc2cccc(S(=O)(=O)Nc3cccc4c3CN(C3CCC(=O)NC3=O)C4=O)c2)c1C. The Hall–Kier alpha value is -4.43. The van der Waals surface area contributed by atoms with Crippen molar-refractivity contribution in [2.75, 3.05) is 4.72 Å². The number of rotatable bonds is 4. The first-order valence-electron chi connectivity index (χ1n) is 11.5. The molecule has 188 valence electrons. The molecule has 2 N–H and O–H groups in total. The molecule has 1 atom stereocenters. The van der Waals surface area contributed by atoms with Gasteiger partial charge in [-0.25, -0.2) is 8.42 Å². The van der Waals surface area contributed by atoms with E-state index >= 15 is 0 Å². The molecule has 2 aliphatic heterocycles. The number of sulfonamides is 1. The predicted octanol–water partition coefficient (Wildman–Crippen LogP) is 2.25. The number of carbonyl (C=O) groups excluding carboxylic acids is 3. The van der Waals surface area contributed by atoms with E-state index in [4.69, 9.17) is 4.52 Å². The second kappa shape index (κ2) is 9.22. The molecule has 0 spiro atoms. The highest BCUT2D eigenvalue weighted by molar-refractivity contribution is 7.92. The van der Waals surface area contributed by atoms with Crippen molar-refractivity contribution in [3.05, 3.63) is 76.2 Å². The van der Waals surface area contributed by atoms with Gasteiger partial charge in [0.15, 0.2) is 5.69 Å². The van der Waals surface area contributed by atoms with Crippen LogP contribution in [0.5, 0.6) is 0 Å². The molecule has 0 aliphatic carbocycles. The Morgan fingerprint density at radius 2 is 1.89 bits per heavy atom. The quantitative estimate of drug-likeness (QED) is 0.399. The summed E-state index contributed by atoms with van der Waals surface area (Å²) in [6.45, 7) is 3.66. The van der Waals surface area contributed by atoms with E-state index in [-0.39, 0.29) is 41.8 Å². The molecule has 3 amide bonds. The number of anilines is 1. The first kappa shape index (κ1) is 24.3. The van der Waals surface area contributed by atoms with E-state index in [9.17, 15) is 22.8 Å². The van der Waals surface area contributed by atoms with Crippen molar-refractivity contribution in [3.8, 4) is 11.8 Å². The number of hydrogen-bond acceptors (Lipinski definition) is 7. The molecule has 0 radical (unpaired) electrons. The van der Waals surface area contributed by atoms with Crippen LogP contribution in [0.1, 0.15) is 51.3 Å². The third kappa shape index (κ3) is 4.59. The Labute approximate surface area is 213 Å². The number of carbonyl (C=O) groups is 3. The van der Waals surface area contributed by atoms with Gasteiger partial charge in [-0.1, -0.05) is 23.2 Å². The van der Waals surface area contributed by atoms with E-state index in [0.717, 1.165) is 5.56 Å². The molecule has 2 aliphatic rings. The van der Waals surface area contributed by atoms with Gasteiger partial charge in [0.2, 0.25) is 11.8 Å². The molecule has 1 saturated heterocycles. The molecule has 3 aromatic rings. The minimum Gasteiger partial charge on any atom is -0.360 e. The van der Waals surface area contributed by atoms with Crippen LogP contribution in [-0.4, -0.2) is 42.2 Å². The monoisotopic (exact) mass is 518 g/mol. The first-order chi connectivity index (χ1) is 17.6. The number of imide groups is 1.